The number of piperidine rings is 1. The van der Waals surface area contributed by atoms with E-state index in [0.717, 1.165) is 62.9 Å². The topological polar surface area (TPSA) is 23.5 Å². The van der Waals surface area contributed by atoms with Gasteiger partial charge in [0.05, 0.1) is 0 Å². The lowest BCUT2D eigenvalue weighted by atomic mass is 9.72. The van der Waals surface area contributed by atoms with E-state index in [4.69, 9.17) is 0 Å². The Labute approximate surface area is 185 Å². The quantitative estimate of drug-likeness (QED) is 0.469. The third kappa shape index (κ3) is 5.23. The summed E-state index contributed by atoms with van der Waals surface area (Å²) in [6.45, 7) is 3.12. The summed E-state index contributed by atoms with van der Waals surface area (Å²) < 4.78 is 13.0. The number of halogens is 1. The molecule has 0 unspecified atom stereocenters. The Morgan fingerprint density at radius 3 is 1.87 bits per heavy atom. The molecule has 2 nitrogen and oxygen atoms in total. The molecule has 0 spiro atoms. The van der Waals surface area contributed by atoms with E-state index in [0.29, 0.717) is 0 Å². The number of rotatable bonds is 8. The maximum Gasteiger partial charge on any atom is 0.123 e. The van der Waals surface area contributed by atoms with Crippen LogP contribution in [0, 0.1) is 11.7 Å². The lowest BCUT2D eigenvalue weighted by Crippen LogP contribution is -2.44. The van der Waals surface area contributed by atoms with Gasteiger partial charge in [-0.2, -0.15) is 0 Å². The number of hydrogen-bond acceptors (Lipinski definition) is 2. The Morgan fingerprint density at radius 2 is 1.32 bits per heavy atom. The van der Waals surface area contributed by atoms with Crippen molar-refractivity contribution in [3.05, 3.63) is 107 Å². The molecule has 0 aromatic heterocycles. The van der Waals surface area contributed by atoms with Gasteiger partial charge in [0.15, 0.2) is 0 Å². The van der Waals surface area contributed by atoms with Crippen LogP contribution in [0.3, 0.4) is 0 Å². The normalized spacial score (nSPS) is 15.8. The molecule has 0 atom stereocenters. The number of unbranched alkanes of at least 4 members (excludes halogenated alkanes) is 1. The van der Waals surface area contributed by atoms with E-state index in [9.17, 15) is 9.50 Å². The molecule has 0 bridgehead atoms. The smallest absolute Gasteiger partial charge is 0.123 e. The minimum Gasteiger partial charge on any atom is -0.380 e. The summed E-state index contributed by atoms with van der Waals surface area (Å²) in [7, 11) is 0. The number of aryl methyl sites for hydroxylation is 1. The molecule has 3 aromatic carbocycles. The lowest BCUT2D eigenvalue weighted by Gasteiger charge is -2.42. The van der Waals surface area contributed by atoms with E-state index >= 15 is 0 Å². The van der Waals surface area contributed by atoms with E-state index in [1.807, 2.05) is 48.5 Å². The maximum absolute atomic E-state index is 13.0. The molecule has 0 amide bonds. The van der Waals surface area contributed by atoms with Crippen molar-refractivity contribution in [1.82, 2.24) is 4.90 Å². The monoisotopic (exact) mass is 417 g/mol. The fourth-order valence-electron chi connectivity index (χ4n) is 4.91. The molecule has 4 rings (SSSR count). The van der Waals surface area contributed by atoms with Crippen molar-refractivity contribution in [3.63, 3.8) is 0 Å². The predicted octanol–water partition coefficient (Wildman–Crippen LogP) is 5.80. The van der Waals surface area contributed by atoms with Gasteiger partial charge in [0.2, 0.25) is 0 Å². The fraction of sp³-hybridized carbons (Fsp3) is 0.357. The largest absolute Gasteiger partial charge is 0.380 e. The summed E-state index contributed by atoms with van der Waals surface area (Å²) in [5.41, 5.74) is 2.23. The Morgan fingerprint density at radius 1 is 0.774 bits per heavy atom. The summed E-state index contributed by atoms with van der Waals surface area (Å²) in [6.07, 6.45) is 5.22. The highest BCUT2D eigenvalue weighted by Crippen LogP contribution is 2.41. The molecule has 3 aromatic rings. The van der Waals surface area contributed by atoms with Gasteiger partial charge in [-0.25, -0.2) is 4.39 Å². The molecule has 1 heterocycles. The van der Waals surface area contributed by atoms with E-state index in [2.05, 4.69) is 29.2 Å². The zero-order valence-electron chi connectivity index (χ0n) is 18.1. The van der Waals surface area contributed by atoms with Crippen LogP contribution in [0.2, 0.25) is 0 Å². The third-order valence-corrected chi connectivity index (χ3v) is 6.71. The Bertz CT molecular complexity index is 879. The van der Waals surface area contributed by atoms with Crippen LogP contribution in [0.25, 0.3) is 0 Å². The number of hydrogen-bond donors (Lipinski definition) is 1. The van der Waals surface area contributed by atoms with E-state index in [1.165, 1.54) is 5.56 Å². The van der Waals surface area contributed by atoms with Crippen LogP contribution in [-0.4, -0.2) is 29.6 Å². The fourth-order valence-corrected chi connectivity index (χ4v) is 4.91. The molecular formula is C28H32FNO. The summed E-state index contributed by atoms with van der Waals surface area (Å²) in [4.78, 5) is 2.53. The first-order valence-corrected chi connectivity index (χ1v) is 11.5. The molecule has 3 heteroatoms. The number of benzene rings is 3. The zero-order valence-corrected chi connectivity index (χ0v) is 18.1. The summed E-state index contributed by atoms with van der Waals surface area (Å²) in [6, 6.07) is 27.1. The highest BCUT2D eigenvalue weighted by Gasteiger charge is 2.41. The molecule has 1 N–H and O–H groups in total. The van der Waals surface area contributed by atoms with E-state index in [-0.39, 0.29) is 11.7 Å². The molecule has 162 valence electrons. The molecule has 1 saturated heterocycles. The van der Waals surface area contributed by atoms with Crippen molar-refractivity contribution in [2.75, 3.05) is 19.6 Å². The number of nitrogens with zero attached hydrogens (tertiary/aromatic N) is 1. The highest BCUT2D eigenvalue weighted by molar-refractivity contribution is 5.37. The van der Waals surface area contributed by atoms with Gasteiger partial charge in [-0.05, 0) is 86.5 Å². The van der Waals surface area contributed by atoms with Gasteiger partial charge >= 0.3 is 0 Å². The van der Waals surface area contributed by atoms with E-state index < -0.39 is 5.60 Å². The second kappa shape index (κ2) is 10.2. The number of aliphatic hydroxyl groups is 1. The van der Waals surface area contributed by atoms with Gasteiger partial charge in [-0.3, -0.25) is 0 Å². The minimum atomic E-state index is -0.947. The first-order chi connectivity index (χ1) is 15.2. The molecule has 0 radical (unpaired) electrons. The van der Waals surface area contributed by atoms with Crippen LogP contribution < -0.4 is 0 Å². The molecule has 31 heavy (non-hydrogen) atoms. The van der Waals surface area contributed by atoms with Gasteiger partial charge in [0.25, 0.3) is 0 Å². The van der Waals surface area contributed by atoms with E-state index in [1.54, 1.807) is 12.1 Å². The molecule has 1 aliphatic rings. The van der Waals surface area contributed by atoms with Crippen LogP contribution in [0.4, 0.5) is 4.39 Å². The second-order valence-corrected chi connectivity index (χ2v) is 8.70. The number of likely N-dealkylation sites (tertiary alicyclic amines) is 1. The molecule has 1 fully saturated rings. The second-order valence-electron chi connectivity index (χ2n) is 8.70. The predicted molar refractivity (Wildman–Crippen MR) is 124 cm³/mol. The molecule has 1 aliphatic heterocycles. The van der Waals surface area contributed by atoms with Crippen molar-refractivity contribution < 1.29 is 9.50 Å². The van der Waals surface area contributed by atoms with Crippen LogP contribution in [-0.2, 0) is 12.0 Å². The van der Waals surface area contributed by atoms with Crippen LogP contribution in [0.5, 0.6) is 0 Å². The molecule has 0 saturated carbocycles. The maximum atomic E-state index is 13.0. The van der Waals surface area contributed by atoms with Crippen LogP contribution >= 0.6 is 0 Å². The van der Waals surface area contributed by atoms with Crippen molar-refractivity contribution in [2.24, 2.45) is 5.92 Å². The Balaban J connectivity index is 1.33. The minimum absolute atomic E-state index is 0.169. The summed E-state index contributed by atoms with van der Waals surface area (Å²) in [5, 5.41) is 12.0. The summed E-state index contributed by atoms with van der Waals surface area (Å²) >= 11 is 0. The lowest BCUT2D eigenvalue weighted by molar-refractivity contribution is -0.0143. The van der Waals surface area contributed by atoms with Crippen molar-refractivity contribution in [2.45, 2.75) is 37.7 Å². The van der Waals surface area contributed by atoms with Gasteiger partial charge in [0, 0.05) is 0 Å². The average molecular weight is 418 g/mol. The Kier molecular flexibility index (Phi) is 7.16. The van der Waals surface area contributed by atoms with Gasteiger partial charge in [-0.15, -0.1) is 0 Å². The summed E-state index contributed by atoms with van der Waals surface area (Å²) in [5.74, 6) is 0.0327. The van der Waals surface area contributed by atoms with Crippen LogP contribution in [0.15, 0.2) is 84.9 Å². The van der Waals surface area contributed by atoms with Gasteiger partial charge in [-0.1, -0.05) is 72.8 Å². The third-order valence-electron chi connectivity index (χ3n) is 6.71. The average Bonchev–Trinajstić information content (AvgIpc) is 2.84. The van der Waals surface area contributed by atoms with Crippen molar-refractivity contribution in [1.29, 1.82) is 0 Å². The van der Waals surface area contributed by atoms with Crippen molar-refractivity contribution >= 4 is 0 Å². The first kappa shape index (κ1) is 21.7. The van der Waals surface area contributed by atoms with Gasteiger partial charge < -0.3 is 10.0 Å². The zero-order chi connectivity index (χ0) is 21.5. The molecular weight excluding hydrogens is 385 g/mol. The molecule has 0 aliphatic carbocycles. The highest BCUT2D eigenvalue weighted by atomic mass is 19.1. The van der Waals surface area contributed by atoms with Crippen molar-refractivity contribution in [3.8, 4) is 0 Å². The van der Waals surface area contributed by atoms with Crippen LogP contribution in [0.1, 0.15) is 42.4 Å². The first-order valence-electron chi connectivity index (χ1n) is 11.5. The Hall–Kier alpha value is -2.49. The standard InChI is InChI=1S/C28H32FNO/c29-27-16-14-23(15-17-27)9-7-8-20-30-21-18-26(19-22-30)28(31,24-10-3-1-4-11-24)25-12-5-2-6-13-25/h1-6,10-17,26,31H,7-9,18-22H2. The van der Waals surface area contributed by atoms with Gasteiger partial charge in [0.1, 0.15) is 11.4 Å². The SMILES string of the molecule is OC(c1ccccc1)(c1ccccc1)C1CCN(CCCCc2ccc(F)cc2)CC1.